The number of imide groups is 1. The fourth-order valence-electron chi connectivity index (χ4n) is 5.54. The second-order valence-electron chi connectivity index (χ2n) is 9.75. The van der Waals surface area contributed by atoms with Gasteiger partial charge in [0.25, 0.3) is 5.91 Å². The molecule has 2 fully saturated rings. The number of piperidine rings is 1. The summed E-state index contributed by atoms with van der Waals surface area (Å²) in [4.78, 5) is 41.0. The molecule has 2 saturated heterocycles. The van der Waals surface area contributed by atoms with Crippen molar-refractivity contribution in [3.63, 3.8) is 0 Å². The van der Waals surface area contributed by atoms with Crippen molar-refractivity contribution < 1.29 is 27.9 Å². The molecule has 7 nitrogen and oxygen atoms in total. The molecule has 1 unspecified atom stereocenters. The van der Waals surface area contributed by atoms with Gasteiger partial charge >= 0.3 is 0 Å². The van der Waals surface area contributed by atoms with Crippen molar-refractivity contribution in [2.75, 3.05) is 31.2 Å². The second-order valence-corrected chi connectivity index (χ2v) is 9.75. The molecule has 37 heavy (non-hydrogen) atoms. The Morgan fingerprint density at radius 1 is 0.973 bits per heavy atom. The molecule has 3 aromatic rings. The highest BCUT2D eigenvalue weighted by Gasteiger charge is 2.41. The van der Waals surface area contributed by atoms with Gasteiger partial charge < -0.3 is 4.74 Å². The van der Waals surface area contributed by atoms with Gasteiger partial charge in [-0.05, 0) is 52.8 Å². The van der Waals surface area contributed by atoms with E-state index in [0.29, 0.717) is 47.3 Å². The lowest BCUT2D eigenvalue weighted by Crippen LogP contribution is -2.53. The predicted octanol–water partition coefficient (Wildman–Crippen LogP) is 3.31. The molecule has 0 radical (unpaired) electrons. The van der Waals surface area contributed by atoms with E-state index in [4.69, 9.17) is 4.74 Å². The van der Waals surface area contributed by atoms with Crippen LogP contribution in [0.3, 0.4) is 0 Å². The van der Waals surface area contributed by atoms with E-state index in [1.807, 2.05) is 6.07 Å². The highest BCUT2D eigenvalue weighted by molar-refractivity contribution is 6.27. The Labute approximate surface area is 212 Å². The van der Waals surface area contributed by atoms with E-state index < -0.39 is 23.7 Å². The van der Waals surface area contributed by atoms with E-state index in [1.54, 1.807) is 24.3 Å². The summed E-state index contributed by atoms with van der Waals surface area (Å²) >= 11 is 0. The van der Waals surface area contributed by atoms with Crippen LogP contribution in [0.25, 0.3) is 10.8 Å². The largest absolute Gasteiger partial charge is 0.379 e. The third-order valence-corrected chi connectivity index (χ3v) is 7.39. The molecule has 1 atom stereocenters. The number of nitrogens with zero attached hydrogens (tertiary/aromatic N) is 2. The Balaban J connectivity index is 1.32. The first-order valence-corrected chi connectivity index (χ1v) is 12.4. The SMILES string of the molecule is O=C1CCC(N2C(=O)c3cc(F)cc4c(Cc5ccc(CN6CCOCC6)cc5F)ccc2c34)C(=O)N1. The van der Waals surface area contributed by atoms with E-state index in [0.717, 1.165) is 18.7 Å². The Hall–Kier alpha value is -3.69. The molecule has 0 saturated carbocycles. The minimum absolute atomic E-state index is 0.118. The van der Waals surface area contributed by atoms with Crippen LogP contribution in [0.5, 0.6) is 0 Å². The first-order chi connectivity index (χ1) is 17.9. The quantitative estimate of drug-likeness (QED) is 0.539. The lowest BCUT2D eigenvalue weighted by molar-refractivity contribution is -0.134. The highest BCUT2D eigenvalue weighted by Crippen LogP contribution is 2.42. The molecular weight excluding hydrogens is 480 g/mol. The van der Waals surface area contributed by atoms with Crippen LogP contribution in [-0.2, 0) is 27.3 Å². The summed E-state index contributed by atoms with van der Waals surface area (Å²) in [5.41, 5.74) is 2.68. The first kappa shape index (κ1) is 23.7. The summed E-state index contributed by atoms with van der Waals surface area (Å²) in [5, 5.41) is 3.33. The number of amides is 3. The molecule has 9 heteroatoms. The van der Waals surface area contributed by atoms with Crippen LogP contribution in [0.2, 0.25) is 0 Å². The molecule has 3 heterocycles. The number of carbonyl (C=O) groups is 3. The van der Waals surface area contributed by atoms with Crippen molar-refractivity contribution in [1.82, 2.24) is 10.2 Å². The normalized spacial score (nSPS) is 20.1. The van der Waals surface area contributed by atoms with Crippen LogP contribution in [0.15, 0.2) is 42.5 Å². The lowest BCUT2D eigenvalue weighted by Gasteiger charge is -2.30. The molecule has 1 N–H and O–H groups in total. The number of morpholine rings is 1. The number of benzene rings is 3. The minimum Gasteiger partial charge on any atom is -0.379 e. The molecule has 0 aromatic heterocycles. The zero-order valence-corrected chi connectivity index (χ0v) is 20.1. The number of rotatable bonds is 5. The maximum absolute atomic E-state index is 15.1. The van der Waals surface area contributed by atoms with E-state index in [-0.39, 0.29) is 36.6 Å². The van der Waals surface area contributed by atoms with Gasteiger partial charge in [0.2, 0.25) is 11.8 Å². The number of nitrogens with one attached hydrogen (secondary N) is 1. The van der Waals surface area contributed by atoms with Crippen LogP contribution >= 0.6 is 0 Å². The van der Waals surface area contributed by atoms with E-state index in [9.17, 15) is 18.8 Å². The summed E-state index contributed by atoms with van der Waals surface area (Å²) < 4.78 is 35.2. The number of hydrogen-bond donors (Lipinski definition) is 1. The first-order valence-electron chi connectivity index (χ1n) is 12.4. The van der Waals surface area contributed by atoms with Crippen molar-refractivity contribution in [3.8, 4) is 0 Å². The number of anilines is 1. The smallest absolute Gasteiger partial charge is 0.259 e. The van der Waals surface area contributed by atoms with Crippen molar-refractivity contribution >= 4 is 34.2 Å². The van der Waals surface area contributed by atoms with E-state index in [1.165, 1.54) is 17.0 Å². The van der Waals surface area contributed by atoms with Crippen molar-refractivity contribution in [3.05, 3.63) is 76.4 Å². The molecule has 3 aliphatic heterocycles. The minimum atomic E-state index is -0.855. The molecule has 0 bridgehead atoms. The highest BCUT2D eigenvalue weighted by atomic mass is 19.1. The number of ether oxygens (including phenoxy) is 1. The summed E-state index contributed by atoms with van der Waals surface area (Å²) in [6.45, 7) is 3.61. The predicted molar refractivity (Wildman–Crippen MR) is 132 cm³/mol. The molecule has 3 amide bonds. The molecular formula is C28H25F2N3O4. The number of carbonyl (C=O) groups excluding carboxylic acids is 3. The van der Waals surface area contributed by atoms with Gasteiger partial charge in [-0.1, -0.05) is 18.2 Å². The number of halogens is 2. The Bertz CT molecular complexity index is 1450. The molecule has 0 aliphatic carbocycles. The van der Waals surface area contributed by atoms with Gasteiger partial charge in [0.1, 0.15) is 17.7 Å². The van der Waals surface area contributed by atoms with E-state index >= 15 is 4.39 Å². The van der Waals surface area contributed by atoms with Crippen molar-refractivity contribution in [2.24, 2.45) is 0 Å². The van der Waals surface area contributed by atoms with Gasteiger partial charge in [-0.2, -0.15) is 0 Å². The summed E-state index contributed by atoms with van der Waals surface area (Å²) in [5.74, 6) is -2.33. The average molecular weight is 506 g/mol. The van der Waals surface area contributed by atoms with Crippen LogP contribution < -0.4 is 10.2 Å². The standard InChI is InChI=1S/C28H25F2N3O4/c29-19-13-20-17(12-18-2-1-16(11-22(18)30)15-32-7-9-37-10-8-32)3-4-23-26(20)21(14-19)28(36)33(23)24-5-6-25(34)31-27(24)35/h1-4,11,13-14,24H,5-10,12,15H2,(H,31,34,35). The van der Waals surface area contributed by atoms with Crippen LogP contribution in [0.4, 0.5) is 14.5 Å². The Morgan fingerprint density at radius 3 is 2.51 bits per heavy atom. The molecule has 3 aliphatic rings. The average Bonchev–Trinajstić information content (AvgIpc) is 3.15. The van der Waals surface area contributed by atoms with Crippen LogP contribution in [0, 0.1) is 11.6 Å². The topological polar surface area (TPSA) is 79.0 Å². The Kier molecular flexibility index (Phi) is 5.97. The van der Waals surface area contributed by atoms with Gasteiger partial charge in [0.05, 0.1) is 24.5 Å². The summed E-state index contributed by atoms with van der Waals surface area (Å²) in [6, 6.07) is 10.3. The lowest BCUT2D eigenvalue weighted by atomic mass is 9.95. The summed E-state index contributed by atoms with van der Waals surface area (Å²) in [7, 11) is 0. The van der Waals surface area contributed by atoms with E-state index in [2.05, 4.69) is 10.2 Å². The van der Waals surface area contributed by atoms with Crippen molar-refractivity contribution in [1.29, 1.82) is 0 Å². The summed E-state index contributed by atoms with van der Waals surface area (Å²) in [6.07, 6.45) is 0.529. The Morgan fingerprint density at radius 2 is 1.76 bits per heavy atom. The van der Waals surface area contributed by atoms with Gasteiger partial charge in [-0.3, -0.25) is 29.5 Å². The zero-order valence-electron chi connectivity index (χ0n) is 20.1. The third kappa shape index (κ3) is 4.28. The zero-order chi connectivity index (χ0) is 25.7. The fraction of sp³-hybridized carbons (Fsp3) is 0.321. The van der Waals surface area contributed by atoms with Crippen molar-refractivity contribution in [2.45, 2.75) is 31.8 Å². The van der Waals surface area contributed by atoms with Gasteiger partial charge in [0.15, 0.2) is 0 Å². The van der Waals surface area contributed by atoms with Gasteiger partial charge in [0, 0.05) is 37.9 Å². The molecule has 6 rings (SSSR count). The molecule has 190 valence electrons. The maximum atomic E-state index is 15.1. The molecule has 0 spiro atoms. The van der Waals surface area contributed by atoms with Crippen LogP contribution in [0.1, 0.15) is 39.9 Å². The fourth-order valence-corrected chi connectivity index (χ4v) is 5.54. The third-order valence-electron chi connectivity index (χ3n) is 7.39. The van der Waals surface area contributed by atoms with Gasteiger partial charge in [-0.15, -0.1) is 0 Å². The second kappa shape index (κ2) is 9.32. The van der Waals surface area contributed by atoms with Gasteiger partial charge in [-0.25, -0.2) is 8.78 Å². The van der Waals surface area contributed by atoms with Crippen LogP contribution in [-0.4, -0.2) is 55.0 Å². The maximum Gasteiger partial charge on any atom is 0.259 e. The monoisotopic (exact) mass is 505 g/mol. The molecule has 3 aromatic carbocycles. The number of hydrogen-bond acceptors (Lipinski definition) is 5.